The maximum absolute atomic E-state index is 11.7. The van der Waals surface area contributed by atoms with E-state index in [1.807, 2.05) is 12.1 Å². The molecule has 106 valence electrons. The second-order valence-corrected chi connectivity index (χ2v) is 5.63. The summed E-state index contributed by atoms with van der Waals surface area (Å²) < 4.78 is 0. The molecule has 1 aromatic carbocycles. The number of H-pyrrole nitrogens is 1. The molecule has 3 nitrogen and oxygen atoms in total. The van der Waals surface area contributed by atoms with Gasteiger partial charge in [0.15, 0.2) is 0 Å². The van der Waals surface area contributed by atoms with Crippen LogP contribution < -0.4 is 5.56 Å². The van der Waals surface area contributed by atoms with Crippen LogP contribution in [0.25, 0.3) is 11.4 Å². The van der Waals surface area contributed by atoms with E-state index in [1.54, 1.807) is 6.07 Å². The van der Waals surface area contributed by atoms with Gasteiger partial charge in [0.05, 0.1) is 0 Å². The largest absolute Gasteiger partial charge is 0.307 e. The fraction of sp³-hybridized carbons (Fsp3) is 0.412. The van der Waals surface area contributed by atoms with Gasteiger partial charge in [-0.15, -0.1) is 0 Å². The predicted octanol–water partition coefficient (Wildman–Crippen LogP) is 3.59. The molecule has 0 aliphatic heterocycles. The molecule has 0 saturated carbocycles. The van der Waals surface area contributed by atoms with Gasteiger partial charge in [-0.2, -0.15) is 0 Å². The summed E-state index contributed by atoms with van der Waals surface area (Å²) in [4.78, 5) is 19.0. The van der Waals surface area contributed by atoms with Crippen molar-refractivity contribution in [3.63, 3.8) is 0 Å². The van der Waals surface area contributed by atoms with E-state index in [-0.39, 0.29) is 5.56 Å². The summed E-state index contributed by atoms with van der Waals surface area (Å²) in [5.41, 5.74) is 3.06. The molecule has 1 heterocycles. The zero-order valence-corrected chi connectivity index (χ0v) is 12.4. The van der Waals surface area contributed by atoms with Gasteiger partial charge in [0.2, 0.25) is 0 Å². The maximum atomic E-state index is 11.7. The monoisotopic (exact) mass is 270 g/mol. The highest BCUT2D eigenvalue weighted by molar-refractivity contribution is 5.55. The lowest BCUT2D eigenvalue weighted by Gasteiger charge is -2.07. The van der Waals surface area contributed by atoms with Gasteiger partial charge in [0.1, 0.15) is 5.82 Å². The number of aromatic amines is 1. The fourth-order valence-corrected chi connectivity index (χ4v) is 2.30. The van der Waals surface area contributed by atoms with E-state index >= 15 is 0 Å². The number of rotatable bonds is 5. The fourth-order valence-electron chi connectivity index (χ4n) is 2.30. The van der Waals surface area contributed by atoms with Crippen LogP contribution >= 0.6 is 0 Å². The molecule has 1 N–H and O–H groups in total. The molecule has 1 aromatic heterocycles. The van der Waals surface area contributed by atoms with Crippen molar-refractivity contribution in [2.75, 3.05) is 0 Å². The molecule has 0 aliphatic rings. The smallest absolute Gasteiger partial charge is 0.251 e. The summed E-state index contributed by atoms with van der Waals surface area (Å²) in [6.45, 7) is 6.51. The van der Waals surface area contributed by atoms with Crippen LogP contribution in [0.2, 0.25) is 0 Å². The van der Waals surface area contributed by atoms with Gasteiger partial charge in [-0.05, 0) is 24.3 Å². The van der Waals surface area contributed by atoms with E-state index in [0.29, 0.717) is 11.7 Å². The molecule has 0 aliphatic carbocycles. The molecule has 2 aromatic rings. The molecule has 0 saturated heterocycles. The molecule has 20 heavy (non-hydrogen) atoms. The zero-order chi connectivity index (χ0) is 14.5. The van der Waals surface area contributed by atoms with Crippen LogP contribution in [0, 0.1) is 5.92 Å². The number of benzene rings is 1. The Kier molecular flexibility index (Phi) is 4.72. The Bertz CT molecular complexity index is 612. The summed E-state index contributed by atoms with van der Waals surface area (Å²) >= 11 is 0. The summed E-state index contributed by atoms with van der Waals surface area (Å²) in [6, 6.07) is 9.88. The average molecular weight is 270 g/mol. The van der Waals surface area contributed by atoms with Crippen molar-refractivity contribution in [1.82, 2.24) is 9.97 Å². The summed E-state index contributed by atoms with van der Waals surface area (Å²) in [6.07, 6.45) is 2.89. The van der Waals surface area contributed by atoms with Gasteiger partial charge in [0.25, 0.3) is 5.56 Å². The number of hydrogen-bond donors (Lipinski definition) is 1. The van der Waals surface area contributed by atoms with E-state index in [0.717, 1.165) is 30.5 Å². The Morgan fingerprint density at radius 1 is 1.20 bits per heavy atom. The van der Waals surface area contributed by atoms with E-state index in [9.17, 15) is 4.79 Å². The number of aromatic nitrogens is 2. The van der Waals surface area contributed by atoms with Crippen LogP contribution in [0.1, 0.15) is 38.4 Å². The van der Waals surface area contributed by atoms with Crippen molar-refractivity contribution in [2.24, 2.45) is 5.92 Å². The minimum atomic E-state index is -0.0790. The van der Waals surface area contributed by atoms with Gasteiger partial charge in [-0.1, -0.05) is 51.5 Å². The van der Waals surface area contributed by atoms with Gasteiger partial charge >= 0.3 is 0 Å². The maximum Gasteiger partial charge on any atom is 0.251 e. The van der Waals surface area contributed by atoms with Gasteiger partial charge in [0, 0.05) is 17.3 Å². The first kappa shape index (κ1) is 14.5. The average Bonchev–Trinajstić information content (AvgIpc) is 2.38. The highest BCUT2D eigenvalue weighted by Crippen LogP contribution is 2.17. The van der Waals surface area contributed by atoms with Crippen LogP contribution in [-0.2, 0) is 12.8 Å². The van der Waals surface area contributed by atoms with Crippen molar-refractivity contribution < 1.29 is 0 Å². The first-order valence-corrected chi connectivity index (χ1v) is 7.28. The summed E-state index contributed by atoms with van der Waals surface area (Å²) in [7, 11) is 0. The molecule has 0 radical (unpaired) electrons. The van der Waals surface area contributed by atoms with Crippen LogP contribution in [0.3, 0.4) is 0 Å². The minimum absolute atomic E-state index is 0.0790. The molecule has 0 atom stereocenters. The van der Waals surface area contributed by atoms with Crippen molar-refractivity contribution in [3.8, 4) is 11.4 Å². The SMILES string of the molecule is CCCc1cc(=O)[nH]c(-c2ccc(CC(C)C)cc2)n1. The highest BCUT2D eigenvalue weighted by Gasteiger charge is 2.04. The third-order valence-corrected chi connectivity index (χ3v) is 3.17. The normalized spacial score (nSPS) is 11.0. The van der Waals surface area contributed by atoms with Gasteiger partial charge in [-0.25, -0.2) is 4.98 Å². The highest BCUT2D eigenvalue weighted by atomic mass is 16.1. The number of nitrogens with zero attached hydrogens (tertiary/aromatic N) is 1. The summed E-state index contributed by atoms with van der Waals surface area (Å²) in [5, 5.41) is 0. The Balaban J connectivity index is 2.29. The first-order chi connectivity index (χ1) is 9.58. The molecule has 0 spiro atoms. The van der Waals surface area contributed by atoms with Crippen LogP contribution in [-0.4, -0.2) is 9.97 Å². The predicted molar refractivity (Wildman–Crippen MR) is 82.8 cm³/mol. The van der Waals surface area contributed by atoms with Crippen molar-refractivity contribution >= 4 is 0 Å². The van der Waals surface area contributed by atoms with Gasteiger partial charge < -0.3 is 4.98 Å². The van der Waals surface area contributed by atoms with Crippen molar-refractivity contribution in [3.05, 3.63) is 51.9 Å². The molecule has 0 fully saturated rings. The summed E-state index contributed by atoms with van der Waals surface area (Å²) in [5.74, 6) is 1.31. The third kappa shape index (κ3) is 3.80. The molecule has 0 unspecified atom stereocenters. The quantitative estimate of drug-likeness (QED) is 0.902. The molecule has 0 amide bonds. The van der Waals surface area contributed by atoms with E-state index < -0.39 is 0 Å². The molecular weight excluding hydrogens is 248 g/mol. The van der Waals surface area contributed by atoms with Gasteiger partial charge in [-0.3, -0.25) is 4.79 Å². The third-order valence-electron chi connectivity index (χ3n) is 3.17. The molecule has 2 rings (SSSR count). The number of aryl methyl sites for hydroxylation is 1. The number of nitrogens with one attached hydrogen (secondary N) is 1. The van der Waals surface area contributed by atoms with E-state index in [2.05, 4.69) is 42.9 Å². The zero-order valence-electron chi connectivity index (χ0n) is 12.4. The standard InChI is InChI=1S/C17H22N2O/c1-4-5-15-11-16(20)19-17(18-15)14-8-6-13(7-9-14)10-12(2)3/h6-9,11-12H,4-5,10H2,1-3H3,(H,18,19,20). The molecule has 0 bridgehead atoms. The minimum Gasteiger partial charge on any atom is -0.307 e. The Morgan fingerprint density at radius 3 is 2.50 bits per heavy atom. The topological polar surface area (TPSA) is 45.8 Å². The lowest BCUT2D eigenvalue weighted by Crippen LogP contribution is -2.10. The van der Waals surface area contributed by atoms with Crippen molar-refractivity contribution in [1.29, 1.82) is 0 Å². The van der Waals surface area contributed by atoms with E-state index in [4.69, 9.17) is 0 Å². The molecular formula is C17H22N2O. The lowest BCUT2D eigenvalue weighted by molar-refractivity contribution is 0.647. The number of hydrogen-bond acceptors (Lipinski definition) is 2. The first-order valence-electron chi connectivity index (χ1n) is 7.28. The molecule has 3 heteroatoms. The Morgan fingerprint density at radius 2 is 1.90 bits per heavy atom. The lowest BCUT2D eigenvalue weighted by atomic mass is 10.0. The second-order valence-electron chi connectivity index (χ2n) is 5.63. The van der Waals surface area contributed by atoms with Crippen LogP contribution in [0.5, 0.6) is 0 Å². The van der Waals surface area contributed by atoms with Crippen LogP contribution in [0.4, 0.5) is 0 Å². The van der Waals surface area contributed by atoms with Crippen LogP contribution in [0.15, 0.2) is 35.1 Å². The second kappa shape index (κ2) is 6.51. The Hall–Kier alpha value is -1.90. The van der Waals surface area contributed by atoms with Crippen molar-refractivity contribution in [2.45, 2.75) is 40.0 Å². The van der Waals surface area contributed by atoms with E-state index in [1.165, 1.54) is 5.56 Å². The Labute approximate surface area is 120 Å².